The standard InChI is InChI=1S/C24H31N5OSi.C23H29N5O2Si.C8H5F6NO4S2/c1-17-13-19(21-11-12-28(5)27-21)20-15-25-29(22(20)14-17)23-10-8-9-18(26-23)16-30-31(6,7)24(2,3)4;1-23(2,3)31(5,6)30-15-16-8-7-9-22(25-16)28-21-13-17(29)12-18(19(21)14-24-28)20-10-11-27(4)26-20;9-7(10,11)20(16,17)15(6-4-2-1-3-5-6)21(18,19)8(12,13)14/h8-15H,16H2,1-7H3;7-14,29H,15H2,1-6H3;1-5H. The normalized spacial score (nSPS) is 13.0. The second kappa shape index (κ2) is 23.4. The summed E-state index contributed by atoms with van der Waals surface area (Å²) in [5.74, 6) is 1.64. The topological polar surface area (TPSA) is 207 Å². The first kappa shape index (κ1) is 63.3. The maximum absolute atomic E-state index is 12.4. The highest BCUT2D eigenvalue weighted by molar-refractivity contribution is 8.11. The zero-order chi connectivity index (χ0) is 61.5. The summed E-state index contributed by atoms with van der Waals surface area (Å²) < 4.78 is 137. The number of aromatic nitrogens is 10. The monoisotopic (exact) mass is 1230 g/mol. The van der Waals surface area contributed by atoms with E-state index < -0.39 is 57.1 Å². The molecule has 0 bridgehead atoms. The maximum atomic E-state index is 12.4. The van der Waals surface area contributed by atoms with E-state index in [1.807, 2.05) is 90.6 Å². The molecule has 0 atom stereocenters. The van der Waals surface area contributed by atoms with Crippen molar-refractivity contribution in [2.24, 2.45) is 14.1 Å². The lowest BCUT2D eigenvalue weighted by atomic mass is 10.0. The quantitative estimate of drug-likeness (QED) is 0.0843. The van der Waals surface area contributed by atoms with Crippen LogP contribution in [0.15, 0.2) is 128 Å². The fourth-order valence-corrected chi connectivity index (χ4v) is 12.3. The molecule has 9 aromatic rings. The van der Waals surface area contributed by atoms with Gasteiger partial charge < -0.3 is 14.0 Å². The summed E-state index contributed by atoms with van der Waals surface area (Å²) in [5.41, 5.74) is -5.40. The number of hydrogen-bond donors (Lipinski definition) is 1. The predicted octanol–water partition coefficient (Wildman–Crippen LogP) is 12.9. The smallest absolute Gasteiger partial charge is 0.508 e. The lowest BCUT2D eigenvalue weighted by molar-refractivity contribution is -0.0462. The molecule has 0 aliphatic rings. The number of fused-ring (bicyclic) bond motifs is 2. The highest BCUT2D eigenvalue weighted by atomic mass is 32.3. The van der Waals surface area contributed by atoms with Crippen LogP contribution in [0.4, 0.5) is 32.0 Å². The van der Waals surface area contributed by atoms with Crippen LogP contribution in [0.3, 0.4) is 0 Å². The molecule has 0 saturated heterocycles. The van der Waals surface area contributed by atoms with Gasteiger partial charge in [-0.1, -0.05) is 71.9 Å². The minimum absolute atomic E-state index is 0.141. The van der Waals surface area contributed by atoms with Gasteiger partial charge in [0.2, 0.25) is 0 Å². The van der Waals surface area contributed by atoms with Gasteiger partial charge in [-0.05, 0) is 115 Å². The largest absolute Gasteiger partial charge is 0.517 e. The molecule has 3 aromatic carbocycles. The lowest BCUT2D eigenvalue weighted by Gasteiger charge is -2.36. The van der Waals surface area contributed by atoms with Crippen molar-refractivity contribution in [3.05, 3.63) is 145 Å². The molecule has 0 aliphatic heterocycles. The number of phenolic OH excluding ortho intramolecular Hbond substituents is 1. The van der Waals surface area contributed by atoms with Gasteiger partial charge in [0.15, 0.2) is 28.3 Å². The van der Waals surface area contributed by atoms with Crippen molar-refractivity contribution in [2.75, 3.05) is 3.71 Å². The number of rotatable bonds is 13. The number of para-hydroxylation sites is 1. The fraction of sp³-hybridized carbons (Fsp3) is 0.345. The Balaban J connectivity index is 0.000000183. The van der Waals surface area contributed by atoms with Gasteiger partial charge in [0.25, 0.3) is 0 Å². The van der Waals surface area contributed by atoms with Gasteiger partial charge in [0.1, 0.15) is 5.75 Å². The van der Waals surface area contributed by atoms with Crippen LogP contribution in [-0.2, 0) is 56.2 Å². The summed E-state index contributed by atoms with van der Waals surface area (Å²) in [6.07, 6.45) is 7.53. The Morgan fingerprint density at radius 2 is 0.976 bits per heavy atom. The molecule has 0 fully saturated rings. The number of nitrogens with zero attached hydrogens (tertiary/aromatic N) is 11. The number of alkyl halides is 6. The van der Waals surface area contributed by atoms with Crippen LogP contribution in [0.25, 0.3) is 56.0 Å². The molecule has 444 valence electrons. The van der Waals surface area contributed by atoms with E-state index in [1.165, 1.54) is 0 Å². The van der Waals surface area contributed by atoms with E-state index in [1.54, 1.807) is 27.7 Å². The van der Waals surface area contributed by atoms with Crippen LogP contribution in [0.1, 0.15) is 58.5 Å². The van der Waals surface area contributed by atoms with Crippen LogP contribution >= 0.6 is 0 Å². The third-order valence-corrected chi connectivity index (χ3v) is 26.9. The number of aromatic hydroxyl groups is 1. The minimum Gasteiger partial charge on any atom is -0.508 e. The van der Waals surface area contributed by atoms with Crippen molar-refractivity contribution >= 4 is 64.2 Å². The molecule has 28 heteroatoms. The van der Waals surface area contributed by atoms with E-state index in [0.717, 1.165) is 85.3 Å². The third-order valence-electron chi connectivity index (χ3n) is 14.3. The highest BCUT2D eigenvalue weighted by Crippen LogP contribution is 2.41. The zero-order valence-corrected chi connectivity index (χ0v) is 51.6. The Hall–Kier alpha value is -7.25. The fourth-order valence-electron chi connectivity index (χ4n) is 7.70. The molecular weight excluding hydrogens is 1160 g/mol. The van der Waals surface area contributed by atoms with E-state index in [9.17, 15) is 48.3 Å². The molecule has 0 radical (unpaired) electrons. The molecular formula is C55H65F6N11O7S2Si2. The first-order valence-electron chi connectivity index (χ1n) is 25.7. The molecule has 0 unspecified atom stereocenters. The molecule has 0 saturated carbocycles. The van der Waals surface area contributed by atoms with Crippen molar-refractivity contribution in [2.45, 2.75) is 109 Å². The summed E-state index contributed by atoms with van der Waals surface area (Å²) >= 11 is 0. The molecule has 1 N–H and O–H groups in total. The number of hydrogen-bond acceptors (Lipinski definition) is 13. The Kier molecular flexibility index (Phi) is 17.9. The number of benzene rings is 3. The van der Waals surface area contributed by atoms with Crippen LogP contribution in [-0.4, -0.2) is 98.7 Å². The van der Waals surface area contributed by atoms with Crippen LogP contribution < -0.4 is 3.71 Å². The minimum atomic E-state index is -6.81. The molecule has 0 amide bonds. The summed E-state index contributed by atoms with van der Waals surface area (Å²) in [6, 6.07) is 27.4. The number of aryl methyl sites for hydroxylation is 3. The molecule has 6 aromatic heterocycles. The van der Waals surface area contributed by atoms with Gasteiger partial charge in [-0.3, -0.25) is 9.36 Å². The lowest BCUT2D eigenvalue weighted by Crippen LogP contribution is -2.49. The van der Waals surface area contributed by atoms with Crippen molar-refractivity contribution in [1.82, 2.24) is 49.1 Å². The van der Waals surface area contributed by atoms with Crippen molar-refractivity contribution < 1.29 is 57.1 Å². The zero-order valence-electron chi connectivity index (χ0n) is 47.9. The highest BCUT2D eigenvalue weighted by Gasteiger charge is 2.61. The van der Waals surface area contributed by atoms with Crippen LogP contribution in [0.2, 0.25) is 36.3 Å². The van der Waals surface area contributed by atoms with Crippen molar-refractivity contribution in [3.63, 3.8) is 0 Å². The number of pyridine rings is 2. The molecule has 0 spiro atoms. The second-order valence-corrected chi connectivity index (χ2v) is 35.9. The first-order chi connectivity index (χ1) is 38.3. The average molecular weight is 1230 g/mol. The Bertz CT molecular complexity index is 3770. The van der Waals surface area contributed by atoms with Crippen molar-refractivity contribution in [1.29, 1.82) is 0 Å². The molecule has 18 nitrogen and oxygen atoms in total. The number of halogens is 6. The van der Waals surface area contributed by atoms with Gasteiger partial charge in [0, 0.05) is 54.5 Å². The van der Waals surface area contributed by atoms with E-state index in [0.29, 0.717) is 31.2 Å². The molecule has 83 heavy (non-hydrogen) atoms. The summed E-state index contributed by atoms with van der Waals surface area (Å²) in [4.78, 5) is 9.65. The van der Waals surface area contributed by atoms with Gasteiger partial charge in [-0.2, -0.15) is 63.6 Å². The summed E-state index contributed by atoms with van der Waals surface area (Å²) in [5, 5.41) is 30.9. The average Bonchev–Trinajstić information content (AvgIpc) is 3.48. The van der Waals surface area contributed by atoms with Crippen LogP contribution in [0, 0.1) is 6.92 Å². The van der Waals surface area contributed by atoms with Crippen LogP contribution in [0.5, 0.6) is 5.75 Å². The molecule has 0 aliphatic carbocycles. The first-order valence-corrected chi connectivity index (χ1v) is 34.4. The molecule has 6 heterocycles. The van der Waals surface area contributed by atoms with Gasteiger partial charge >= 0.3 is 31.1 Å². The van der Waals surface area contributed by atoms with Crippen molar-refractivity contribution in [3.8, 4) is 39.9 Å². The van der Waals surface area contributed by atoms with E-state index in [4.69, 9.17) is 18.8 Å². The second-order valence-electron chi connectivity index (χ2n) is 22.5. The van der Waals surface area contributed by atoms with E-state index >= 15 is 0 Å². The third kappa shape index (κ3) is 13.9. The van der Waals surface area contributed by atoms with Gasteiger partial charge in [-0.15, -0.1) is 3.71 Å². The van der Waals surface area contributed by atoms with Gasteiger partial charge in [-0.25, -0.2) is 19.3 Å². The SMILES string of the molecule is Cc1cc(-c2ccn(C)n2)c2cnn(-c3cccc(CO[Si](C)(C)C(C)(C)C)n3)c2c1.Cn1ccc(-c2cc(O)cc3c2cnn3-c2cccc(CO[Si](C)(C)C(C)(C)C)n2)n1.O=S(=O)(N(c1ccccc1)S(=O)(=O)C(F)(F)F)C(F)(F)F. The van der Waals surface area contributed by atoms with E-state index in [-0.39, 0.29) is 15.8 Å². The van der Waals surface area contributed by atoms with Gasteiger partial charge in [0.05, 0.1) is 65.1 Å². The predicted molar refractivity (Wildman–Crippen MR) is 311 cm³/mol. The number of phenols is 1. The molecule has 9 rings (SSSR count). The van der Waals surface area contributed by atoms with E-state index in [2.05, 4.69) is 107 Å². The maximum Gasteiger partial charge on any atom is 0.517 e. The Labute approximate surface area is 479 Å². The number of anilines is 1. The Morgan fingerprint density at radius 1 is 0.566 bits per heavy atom. The summed E-state index contributed by atoms with van der Waals surface area (Å²) in [7, 11) is -13.5. The Morgan fingerprint density at radius 3 is 1.36 bits per heavy atom. The number of sulfonamides is 2. The summed E-state index contributed by atoms with van der Waals surface area (Å²) in [6.45, 7) is 25.5.